The van der Waals surface area contributed by atoms with Crippen LogP contribution in [0.25, 0.3) is 0 Å². The molecule has 0 bridgehead atoms. The number of nitrogens with one attached hydrogen (secondary N) is 1. The second-order valence-electron chi connectivity index (χ2n) is 4.89. The molecule has 1 atom stereocenters. The predicted molar refractivity (Wildman–Crippen MR) is 73.1 cm³/mol. The molecule has 2 rings (SSSR count). The van der Waals surface area contributed by atoms with Gasteiger partial charge in [0.25, 0.3) is 0 Å². The van der Waals surface area contributed by atoms with E-state index in [4.69, 9.17) is 23.2 Å². The monoisotopic (exact) mass is 289 g/mol. The van der Waals surface area contributed by atoms with E-state index in [0.29, 0.717) is 28.7 Å². The first kappa shape index (κ1) is 14.1. The van der Waals surface area contributed by atoms with Crippen molar-refractivity contribution in [3.8, 4) is 0 Å². The summed E-state index contributed by atoms with van der Waals surface area (Å²) in [5.74, 6) is 0. The molecule has 5 heteroatoms. The van der Waals surface area contributed by atoms with E-state index in [9.17, 15) is 10.2 Å². The molecule has 3 nitrogen and oxygen atoms in total. The number of halogens is 2. The highest BCUT2D eigenvalue weighted by atomic mass is 35.5. The predicted octanol–water partition coefficient (Wildman–Crippen LogP) is 2.53. The molecule has 0 heterocycles. The highest BCUT2D eigenvalue weighted by Crippen LogP contribution is 2.31. The van der Waals surface area contributed by atoms with Gasteiger partial charge in [-0.05, 0) is 37.5 Å². The van der Waals surface area contributed by atoms with Crippen LogP contribution >= 0.6 is 23.2 Å². The summed E-state index contributed by atoms with van der Waals surface area (Å²) in [6.45, 7) is 0.852. The van der Waals surface area contributed by atoms with E-state index >= 15 is 0 Å². The van der Waals surface area contributed by atoms with Crippen LogP contribution in [-0.2, 0) is 0 Å². The Labute approximate surface area is 117 Å². The smallest absolute Gasteiger partial charge is 0.0929 e. The van der Waals surface area contributed by atoms with Gasteiger partial charge in [0.05, 0.1) is 11.7 Å². The zero-order valence-electron chi connectivity index (χ0n) is 10.00. The Bertz CT molecular complexity index is 421. The summed E-state index contributed by atoms with van der Waals surface area (Å²) in [6, 6.07) is 5.01. The maximum Gasteiger partial charge on any atom is 0.0929 e. The van der Waals surface area contributed by atoms with Crippen molar-refractivity contribution in [1.82, 2.24) is 5.32 Å². The second-order valence-corrected chi connectivity index (χ2v) is 5.73. The maximum absolute atomic E-state index is 10.0. The van der Waals surface area contributed by atoms with E-state index in [0.717, 1.165) is 19.3 Å². The first-order chi connectivity index (χ1) is 8.50. The van der Waals surface area contributed by atoms with E-state index in [1.807, 2.05) is 0 Å². The van der Waals surface area contributed by atoms with E-state index < -0.39 is 11.7 Å². The van der Waals surface area contributed by atoms with Crippen LogP contribution in [0, 0.1) is 0 Å². The van der Waals surface area contributed by atoms with Gasteiger partial charge in [-0.3, -0.25) is 0 Å². The Morgan fingerprint density at radius 1 is 1.33 bits per heavy atom. The van der Waals surface area contributed by atoms with Gasteiger partial charge in [0.1, 0.15) is 0 Å². The summed E-state index contributed by atoms with van der Waals surface area (Å²) in [7, 11) is 0. The summed E-state index contributed by atoms with van der Waals surface area (Å²) in [6.07, 6.45) is 2.00. The Kier molecular flexibility index (Phi) is 4.51. The molecule has 0 aliphatic heterocycles. The quantitative estimate of drug-likeness (QED) is 0.781. The van der Waals surface area contributed by atoms with Crippen molar-refractivity contribution in [2.75, 3.05) is 13.1 Å². The molecular formula is C13H17Cl2NO2. The van der Waals surface area contributed by atoms with Gasteiger partial charge < -0.3 is 15.5 Å². The van der Waals surface area contributed by atoms with Gasteiger partial charge in [0, 0.05) is 28.7 Å². The highest BCUT2D eigenvalue weighted by molar-refractivity contribution is 6.33. The lowest BCUT2D eigenvalue weighted by Gasteiger charge is -2.37. The van der Waals surface area contributed by atoms with Gasteiger partial charge in [-0.2, -0.15) is 0 Å². The van der Waals surface area contributed by atoms with Crippen molar-refractivity contribution in [2.45, 2.75) is 31.0 Å². The van der Waals surface area contributed by atoms with E-state index in [-0.39, 0.29) is 0 Å². The first-order valence-corrected chi connectivity index (χ1v) is 6.82. The van der Waals surface area contributed by atoms with E-state index in [2.05, 4.69) is 5.32 Å². The molecule has 0 amide bonds. The van der Waals surface area contributed by atoms with Crippen molar-refractivity contribution in [3.05, 3.63) is 33.8 Å². The van der Waals surface area contributed by atoms with Gasteiger partial charge in [0.2, 0.25) is 0 Å². The van der Waals surface area contributed by atoms with Gasteiger partial charge in [-0.15, -0.1) is 0 Å². The summed E-state index contributed by atoms with van der Waals surface area (Å²) in [4.78, 5) is 0. The third-order valence-corrected chi connectivity index (χ3v) is 3.97. The van der Waals surface area contributed by atoms with Crippen LogP contribution in [-0.4, -0.2) is 28.9 Å². The molecule has 1 aromatic carbocycles. The van der Waals surface area contributed by atoms with Crippen LogP contribution in [0.1, 0.15) is 30.9 Å². The summed E-state index contributed by atoms with van der Waals surface area (Å²) >= 11 is 11.9. The van der Waals surface area contributed by atoms with Crippen molar-refractivity contribution in [2.24, 2.45) is 0 Å². The lowest BCUT2D eigenvalue weighted by Crippen LogP contribution is -2.47. The summed E-state index contributed by atoms with van der Waals surface area (Å²) in [5.41, 5.74) is 0.0231. The molecule has 1 aliphatic rings. The normalized spacial score (nSPS) is 19.3. The largest absolute Gasteiger partial charge is 0.389 e. The van der Waals surface area contributed by atoms with Gasteiger partial charge >= 0.3 is 0 Å². The highest BCUT2D eigenvalue weighted by Gasteiger charge is 2.33. The third-order valence-electron chi connectivity index (χ3n) is 3.39. The fourth-order valence-corrected chi connectivity index (χ4v) is 2.51. The minimum atomic E-state index is -0.722. The van der Waals surface area contributed by atoms with Crippen LogP contribution in [0.3, 0.4) is 0 Å². The molecule has 0 saturated heterocycles. The SMILES string of the molecule is OC(CNCC1(O)CCC1)c1cc(Cl)ccc1Cl. The fraction of sp³-hybridized carbons (Fsp3) is 0.538. The molecule has 1 fully saturated rings. The van der Waals surface area contributed by atoms with E-state index in [1.165, 1.54) is 0 Å². The minimum Gasteiger partial charge on any atom is -0.389 e. The zero-order chi connectivity index (χ0) is 13.2. The number of aliphatic hydroxyl groups excluding tert-OH is 1. The van der Waals surface area contributed by atoms with Crippen molar-refractivity contribution in [1.29, 1.82) is 0 Å². The average molecular weight is 290 g/mol. The lowest BCUT2D eigenvalue weighted by molar-refractivity contribution is -0.0328. The minimum absolute atomic E-state index is 0.350. The van der Waals surface area contributed by atoms with E-state index in [1.54, 1.807) is 18.2 Å². The average Bonchev–Trinajstić information content (AvgIpc) is 2.30. The first-order valence-electron chi connectivity index (χ1n) is 6.06. The third kappa shape index (κ3) is 3.37. The number of aliphatic hydroxyl groups is 2. The maximum atomic E-state index is 10.0. The molecule has 100 valence electrons. The molecule has 1 aromatic rings. The molecular weight excluding hydrogens is 273 g/mol. The second kappa shape index (κ2) is 5.76. The molecule has 1 saturated carbocycles. The number of rotatable bonds is 5. The molecule has 3 N–H and O–H groups in total. The van der Waals surface area contributed by atoms with Crippen LogP contribution in [0.15, 0.2) is 18.2 Å². The number of hydrogen-bond acceptors (Lipinski definition) is 3. The van der Waals surface area contributed by atoms with Gasteiger partial charge in [-0.1, -0.05) is 23.2 Å². The molecule has 1 aliphatic carbocycles. The number of benzene rings is 1. The van der Waals surface area contributed by atoms with Crippen LogP contribution in [0.5, 0.6) is 0 Å². The topological polar surface area (TPSA) is 52.5 Å². The molecule has 0 spiro atoms. The Balaban J connectivity index is 1.87. The molecule has 0 radical (unpaired) electrons. The molecule has 18 heavy (non-hydrogen) atoms. The van der Waals surface area contributed by atoms with Crippen molar-refractivity contribution in [3.63, 3.8) is 0 Å². The van der Waals surface area contributed by atoms with Crippen LogP contribution < -0.4 is 5.32 Å². The standard InChI is InChI=1S/C13H17Cl2NO2/c14-9-2-3-11(15)10(6-9)12(17)7-16-8-13(18)4-1-5-13/h2-3,6,12,16-18H,1,4-5,7-8H2. The molecule has 0 aromatic heterocycles. The summed E-state index contributed by atoms with van der Waals surface area (Å²) in [5, 5.41) is 24.0. The lowest BCUT2D eigenvalue weighted by atomic mass is 9.80. The Hall–Kier alpha value is -0.320. The Morgan fingerprint density at radius 2 is 2.06 bits per heavy atom. The number of hydrogen-bond donors (Lipinski definition) is 3. The van der Waals surface area contributed by atoms with Crippen molar-refractivity contribution >= 4 is 23.2 Å². The van der Waals surface area contributed by atoms with Crippen LogP contribution in [0.2, 0.25) is 10.0 Å². The molecule has 1 unspecified atom stereocenters. The van der Waals surface area contributed by atoms with Gasteiger partial charge in [0.15, 0.2) is 0 Å². The summed E-state index contributed by atoms with van der Waals surface area (Å²) < 4.78 is 0. The van der Waals surface area contributed by atoms with Gasteiger partial charge in [-0.25, -0.2) is 0 Å². The Morgan fingerprint density at radius 3 is 2.67 bits per heavy atom. The van der Waals surface area contributed by atoms with Crippen molar-refractivity contribution < 1.29 is 10.2 Å². The zero-order valence-corrected chi connectivity index (χ0v) is 11.5. The fourth-order valence-electron chi connectivity index (χ4n) is 2.08. The van der Waals surface area contributed by atoms with Crippen LogP contribution in [0.4, 0.5) is 0 Å².